The molecule has 1 rings (SSSR count). The van der Waals surface area contributed by atoms with Gasteiger partial charge in [-0.3, -0.25) is 0 Å². The van der Waals surface area contributed by atoms with E-state index in [1.165, 1.54) is 0 Å². The first-order valence-electron chi connectivity index (χ1n) is 6.31. The van der Waals surface area contributed by atoms with E-state index in [9.17, 15) is 9.59 Å². The van der Waals surface area contributed by atoms with Crippen molar-refractivity contribution in [2.75, 3.05) is 6.54 Å². The second-order valence-electron chi connectivity index (χ2n) is 5.48. The van der Waals surface area contributed by atoms with Crippen LogP contribution in [0, 0.1) is 6.92 Å². The highest BCUT2D eigenvalue weighted by atomic mass is 16.6. The monoisotopic (exact) mass is 263 g/mol. The van der Waals surface area contributed by atoms with Crippen LogP contribution in [0.15, 0.2) is 24.3 Å². The van der Waals surface area contributed by atoms with Crippen molar-refractivity contribution in [2.45, 2.75) is 39.2 Å². The molecule has 0 aliphatic carbocycles. The molecule has 0 saturated carbocycles. The number of alkyl carbamates (subject to hydrolysis) is 1. The van der Waals surface area contributed by atoms with Crippen molar-refractivity contribution in [3.63, 3.8) is 0 Å². The Morgan fingerprint density at radius 1 is 1.37 bits per heavy atom. The molecule has 1 aromatic rings. The number of nitrogens with one attached hydrogen (secondary N) is 1. The van der Waals surface area contributed by atoms with Crippen molar-refractivity contribution in [3.05, 3.63) is 35.4 Å². The third-order valence-corrected chi connectivity index (χ3v) is 2.62. The van der Waals surface area contributed by atoms with Crippen LogP contribution in [-0.4, -0.2) is 24.5 Å². The molecule has 0 radical (unpaired) electrons. The molecule has 0 aliphatic heterocycles. The summed E-state index contributed by atoms with van der Waals surface area (Å²) in [5.41, 5.74) is 1.42. The topological polar surface area (TPSA) is 55.4 Å². The summed E-state index contributed by atoms with van der Waals surface area (Å²) in [4.78, 5) is 22.7. The van der Waals surface area contributed by atoms with Gasteiger partial charge in [0.25, 0.3) is 0 Å². The molecule has 4 heteroatoms. The van der Waals surface area contributed by atoms with Crippen LogP contribution in [0.2, 0.25) is 0 Å². The average Bonchev–Trinajstić information content (AvgIpc) is 2.29. The molecule has 1 N–H and O–H groups in total. The summed E-state index contributed by atoms with van der Waals surface area (Å²) in [6, 6.07) is 7.64. The van der Waals surface area contributed by atoms with Crippen molar-refractivity contribution < 1.29 is 14.3 Å². The van der Waals surface area contributed by atoms with E-state index >= 15 is 0 Å². The zero-order valence-electron chi connectivity index (χ0n) is 11.9. The van der Waals surface area contributed by atoms with E-state index in [0.29, 0.717) is 0 Å². The maximum atomic E-state index is 11.5. The van der Waals surface area contributed by atoms with E-state index in [1.54, 1.807) is 20.8 Å². The van der Waals surface area contributed by atoms with E-state index < -0.39 is 11.7 Å². The van der Waals surface area contributed by atoms with E-state index in [0.717, 1.165) is 17.4 Å². The lowest BCUT2D eigenvalue weighted by Crippen LogP contribution is -2.35. The molecule has 1 unspecified atom stereocenters. The molecule has 104 valence electrons. The minimum Gasteiger partial charge on any atom is -0.444 e. The van der Waals surface area contributed by atoms with Crippen LogP contribution in [0.4, 0.5) is 4.79 Å². The number of aldehydes is 1. The molecule has 0 spiro atoms. The molecule has 0 saturated heterocycles. The summed E-state index contributed by atoms with van der Waals surface area (Å²) in [7, 11) is 0. The molecule has 0 aromatic heterocycles. The Morgan fingerprint density at radius 2 is 2.00 bits per heavy atom. The standard InChI is InChI=1S/C15H21NO3/c1-11-7-5-6-8-13(11)12(10-17)9-16-14(18)19-15(2,3)4/h5-8,10,12H,9H2,1-4H3,(H,16,18). The predicted octanol–water partition coefficient (Wildman–Crippen LogP) is 2.80. The van der Waals surface area contributed by atoms with Gasteiger partial charge in [0.1, 0.15) is 11.9 Å². The maximum absolute atomic E-state index is 11.5. The van der Waals surface area contributed by atoms with E-state index in [4.69, 9.17) is 4.74 Å². The second-order valence-corrected chi connectivity index (χ2v) is 5.48. The number of amides is 1. The maximum Gasteiger partial charge on any atom is 0.407 e. The Hall–Kier alpha value is -1.84. The first-order chi connectivity index (χ1) is 8.83. The summed E-state index contributed by atoms with van der Waals surface area (Å²) in [6.07, 6.45) is 0.340. The second kappa shape index (κ2) is 6.36. The number of rotatable bonds is 4. The van der Waals surface area contributed by atoms with Gasteiger partial charge in [-0.25, -0.2) is 4.79 Å². The predicted molar refractivity (Wildman–Crippen MR) is 74.2 cm³/mol. The van der Waals surface area contributed by atoms with Gasteiger partial charge in [-0.1, -0.05) is 24.3 Å². The van der Waals surface area contributed by atoms with Gasteiger partial charge >= 0.3 is 6.09 Å². The van der Waals surface area contributed by atoms with Crippen LogP contribution in [0.1, 0.15) is 37.8 Å². The Labute approximate surface area is 114 Å². The number of hydrogen-bond donors (Lipinski definition) is 1. The minimum absolute atomic E-state index is 0.239. The van der Waals surface area contributed by atoms with E-state index in [1.807, 2.05) is 31.2 Å². The number of aryl methyl sites for hydroxylation is 1. The van der Waals surface area contributed by atoms with Gasteiger partial charge in [0.05, 0.1) is 5.92 Å². The van der Waals surface area contributed by atoms with Gasteiger partial charge in [-0.05, 0) is 38.8 Å². The van der Waals surface area contributed by atoms with Gasteiger partial charge in [0, 0.05) is 6.54 Å². The molecule has 1 amide bonds. The lowest BCUT2D eigenvalue weighted by Gasteiger charge is -2.21. The van der Waals surface area contributed by atoms with Crippen LogP contribution in [0.5, 0.6) is 0 Å². The molecule has 19 heavy (non-hydrogen) atoms. The molecule has 0 heterocycles. The lowest BCUT2D eigenvalue weighted by atomic mass is 9.96. The van der Waals surface area contributed by atoms with Gasteiger partial charge in [-0.2, -0.15) is 0 Å². The SMILES string of the molecule is Cc1ccccc1C(C=O)CNC(=O)OC(C)(C)C. The molecular weight excluding hydrogens is 242 g/mol. The fourth-order valence-electron chi connectivity index (χ4n) is 1.74. The van der Waals surface area contributed by atoms with Crippen LogP contribution in [0.3, 0.4) is 0 Å². The van der Waals surface area contributed by atoms with Gasteiger partial charge in [0.2, 0.25) is 0 Å². The Bertz CT molecular complexity index is 449. The van der Waals surface area contributed by atoms with Crippen molar-refractivity contribution in [1.29, 1.82) is 0 Å². The molecule has 0 aliphatic rings. The van der Waals surface area contributed by atoms with Gasteiger partial charge in [0.15, 0.2) is 0 Å². The quantitative estimate of drug-likeness (QED) is 0.850. The van der Waals surface area contributed by atoms with Crippen LogP contribution >= 0.6 is 0 Å². The van der Waals surface area contributed by atoms with E-state index in [2.05, 4.69) is 5.32 Å². The minimum atomic E-state index is -0.538. The Balaban J connectivity index is 2.62. The van der Waals surface area contributed by atoms with Crippen LogP contribution in [0.25, 0.3) is 0 Å². The highest BCUT2D eigenvalue weighted by Crippen LogP contribution is 2.17. The van der Waals surface area contributed by atoms with Crippen molar-refractivity contribution in [2.24, 2.45) is 0 Å². The van der Waals surface area contributed by atoms with Gasteiger partial charge < -0.3 is 14.8 Å². The Kier molecular flexibility index (Phi) is 5.10. The highest BCUT2D eigenvalue weighted by molar-refractivity contribution is 5.70. The molecule has 4 nitrogen and oxygen atoms in total. The lowest BCUT2D eigenvalue weighted by molar-refractivity contribution is -0.109. The normalized spacial score (nSPS) is 12.6. The number of carbonyl (C=O) groups excluding carboxylic acids is 2. The summed E-state index contributed by atoms with van der Waals surface area (Å²) in [5, 5.41) is 2.62. The zero-order valence-corrected chi connectivity index (χ0v) is 11.9. The smallest absolute Gasteiger partial charge is 0.407 e. The zero-order chi connectivity index (χ0) is 14.5. The summed E-state index contributed by atoms with van der Waals surface area (Å²) < 4.78 is 5.13. The molecular formula is C15H21NO3. The number of hydrogen-bond acceptors (Lipinski definition) is 3. The fraction of sp³-hybridized carbons (Fsp3) is 0.467. The summed E-state index contributed by atoms with van der Waals surface area (Å²) in [5.74, 6) is -0.353. The Morgan fingerprint density at radius 3 is 2.53 bits per heavy atom. The molecule has 0 bridgehead atoms. The number of benzene rings is 1. The van der Waals surface area contributed by atoms with Crippen molar-refractivity contribution in [3.8, 4) is 0 Å². The van der Waals surface area contributed by atoms with Crippen LogP contribution < -0.4 is 5.32 Å². The summed E-state index contributed by atoms with van der Waals surface area (Å²) in [6.45, 7) is 7.57. The molecule has 1 aromatic carbocycles. The average molecular weight is 263 g/mol. The largest absolute Gasteiger partial charge is 0.444 e. The fourth-order valence-corrected chi connectivity index (χ4v) is 1.74. The van der Waals surface area contributed by atoms with Crippen molar-refractivity contribution in [1.82, 2.24) is 5.32 Å². The third-order valence-electron chi connectivity index (χ3n) is 2.62. The summed E-state index contributed by atoms with van der Waals surface area (Å²) >= 11 is 0. The first kappa shape index (κ1) is 15.2. The number of carbonyl (C=O) groups is 2. The molecule has 1 atom stereocenters. The van der Waals surface area contributed by atoms with Crippen molar-refractivity contribution >= 4 is 12.4 Å². The van der Waals surface area contributed by atoms with Crippen LogP contribution in [-0.2, 0) is 9.53 Å². The highest BCUT2D eigenvalue weighted by Gasteiger charge is 2.18. The van der Waals surface area contributed by atoms with E-state index in [-0.39, 0.29) is 12.5 Å². The first-order valence-corrected chi connectivity index (χ1v) is 6.31. The third kappa shape index (κ3) is 5.12. The van der Waals surface area contributed by atoms with Gasteiger partial charge in [-0.15, -0.1) is 0 Å². The molecule has 0 fully saturated rings. The number of ether oxygens (including phenoxy) is 1.